The number of hydrogen-bond donors (Lipinski definition) is 1. The van der Waals surface area contributed by atoms with Crippen molar-refractivity contribution in [3.63, 3.8) is 0 Å². The second-order valence-electron chi connectivity index (χ2n) is 4.36. The molecule has 2 aliphatic rings. The van der Waals surface area contributed by atoms with Crippen LogP contribution >= 0.6 is 0 Å². The molecule has 92 valence electrons. The lowest BCUT2D eigenvalue weighted by Gasteiger charge is -2.38. The van der Waals surface area contributed by atoms with Crippen molar-refractivity contribution in [2.45, 2.75) is 32.0 Å². The molecule has 5 heteroatoms. The molecule has 0 atom stereocenters. The number of ether oxygens (including phenoxy) is 2. The number of piperidine rings is 1. The van der Waals surface area contributed by atoms with E-state index in [9.17, 15) is 4.79 Å². The van der Waals surface area contributed by atoms with Gasteiger partial charge in [0.15, 0.2) is 5.79 Å². The first-order valence-electron chi connectivity index (χ1n) is 6.06. The number of nitrogens with zero attached hydrogens (tertiary/aromatic N) is 1. The Labute approximate surface area is 96.1 Å². The van der Waals surface area contributed by atoms with Crippen molar-refractivity contribution >= 4 is 6.03 Å². The van der Waals surface area contributed by atoms with Crippen molar-refractivity contribution in [2.75, 3.05) is 32.8 Å². The summed E-state index contributed by atoms with van der Waals surface area (Å²) in [6, 6.07) is 0.0000231. The lowest BCUT2D eigenvalue weighted by Crippen LogP contribution is -2.53. The molecule has 0 radical (unpaired) electrons. The van der Waals surface area contributed by atoms with E-state index in [1.807, 2.05) is 6.92 Å². The fraction of sp³-hybridized carbons (Fsp3) is 0.909. The highest BCUT2D eigenvalue weighted by Crippen LogP contribution is 2.29. The predicted octanol–water partition coefficient (Wildman–Crippen LogP) is 0.945. The first-order valence-corrected chi connectivity index (χ1v) is 6.06. The lowest BCUT2D eigenvalue weighted by atomic mass is 10.1. The number of rotatable bonds is 2. The molecule has 5 nitrogen and oxygen atoms in total. The van der Waals surface area contributed by atoms with Gasteiger partial charge in [-0.05, 0) is 12.8 Å². The van der Waals surface area contributed by atoms with Gasteiger partial charge in [-0.1, -0.05) is 6.92 Å². The standard InChI is InChI=1S/C11H20N2O3/c1-2-5-12-10(14)13-6-3-4-11(9-13)15-7-8-16-11/h2-9H2,1H3,(H,12,14). The van der Waals surface area contributed by atoms with Gasteiger partial charge in [-0.15, -0.1) is 0 Å². The van der Waals surface area contributed by atoms with Gasteiger partial charge in [0.25, 0.3) is 0 Å². The zero-order valence-corrected chi connectivity index (χ0v) is 9.83. The Morgan fingerprint density at radius 1 is 1.44 bits per heavy atom. The van der Waals surface area contributed by atoms with Gasteiger partial charge in [-0.3, -0.25) is 0 Å². The molecule has 2 heterocycles. The van der Waals surface area contributed by atoms with Crippen molar-refractivity contribution in [3.8, 4) is 0 Å². The van der Waals surface area contributed by atoms with E-state index < -0.39 is 5.79 Å². The van der Waals surface area contributed by atoms with Gasteiger partial charge in [0.1, 0.15) is 0 Å². The zero-order chi connectivity index (χ0) is 11.4. The zero-order valence-electron chi connectivity index (χ0n) is 9.83. The number of hydrogen-bond acceptors (Lipinski definition) is 3. The molecular formula is C11H20N2O3. The van der Waals surface area contributed by atoms with Gasteiger partial charge in [0.2, 0.25) is 0 Å². The quantitative estimate of drug-likeness (QED) is 0.765. The van der Waals surface area contributed by atoms with Crippen molar-refractivity contribution in [3.05, 3.63) is 0 Å². The fourth-order valence-electron chi connectivity index (χ4n) is 2.24. The molecule has 2 aliphatic heterocycles. The molecular weight excluding hydrogens is 208 g/mol. The molecule has 2 fully saturated rings. The summed E-state index contributed by atoms with van der Waals surface area (Å²) in [5, 5.41) is 2.88. The summed E-state index contributed by atoms with van der Waals surface area (Å²) in [5.74, 6) is -0.512. The first kappa shape index (κ1) is 11.7. The largest absolute Gasteiger partial charge is 0.346 e. The number of amides is 2. The second kappa shape index (κ2) is 5.01. The molecule has 0 aromatic carbocycles. The lowest BCUT2D eigenvalue weighted by molar-refractivity contribution is -0.182. The summed E-state index contributed by atoms with van der Waals surface area (Å²) < 4.78 is 11.2. The van der Waals surface area contributed by atoms with E-state index in [-0.39, 0.29) is 6.03 Å². The molecule has 2 amide bonds. The molecule has 0 aromatic heterocycles. The summed E-state index contributed by atoms with van der Waals surface area (Å²) in [6.45, 7) is 5.41. The van der Waals surface area contributed by atoms with E-state index in [1.54, 1.807) is 4.90 Å². The third-order valence-corrected chi connectivity index (χ3v) is 3.04. The number of carbonyl (C=O) groups is 1. The maximum absolute atomic E-state index is 11.8. The van der Waals surface area contributed by atoms with Crippen molar-refractivity contribution in [1.82, 2.24) is 10.2 Å². The Hall–Kier alpha value is -0.810. The SMILES string of the molecule is CCCNC(=O)N1CCCC2(C1)OCCO2. The van der Waals surface area contributed by atoms with Crippen molar-refractivity contribution in [2.24, 2.45) is 0 Å². The number of urea groups is 1. The van der Waals surface area contributed by atoms with Crippen LogP contribution in [0.1, 0.15) is 26.2 Å². The van der Waals surface area contributed by atoms with Crippen LogP contribution in [0.25, 0.3) is 0 Å². The maximum Gasteiger partial charge on any atom is 0.317 e. The van der Waals surface area contributed by atoms with Gasteiger partial charge < -0.3 is 19.7 Å². The van der Waals surface area contributed by atoms with E-state index in [1.165, 1.54) is 0 Å². The van der Waals surface area contributed by atoms with Crippen LogP contribution in [-0.2, 0) is 9.47 Å². The fourth-order valence-corrected chi connectivity index (χ4v) is 2.24. The Kier molecular flexibility index (Phi) is 3.66. The second-order valence-corrected chi connectivity index (χ2v) is 4.36. The Morgan fingerprint density at radius 3 is 2.88 bits per heavy atom. The molecule has 0 saturated carbocycles. The van der Waals surface area contributed by atoms with E-state index in [4.69, 9.17) is 9.47 Å². The Morgan fingerprint density at radius 2 is 2.19 bits per heavy atom. The van der Waals surface area contributed by atoms with Crippen LogP contribution in [0.4, 0.5) is 4.79 Å². The van der Waals surface area contributed by atoms with E-state index in [2.05, 4.69) is 5.32 Å². The molecule has 0 aromatic rings. The predicted molar refractivity (Wildman–Crippen MR) is 59.1 cm³/mol. The summed E-state index contributed by atoms with van der Waals surface area (Å²) in [6.07, 6.45) is 2.79. The van der Waals surface area contributed by atoms with Crippen LogP contribution < -0.4 is 5.32 Å². The van der Waals surface area contributed by atoms with Crippen LogP contribution in [0.15, 0.2) is 0 Å². The Balaban J connectivity index is 1.88. The van der Waals surface area contributed by atoms with E-state index in [0.29, 0.717) is 19.8 Å². The summed E-state index contributed by atoms with van der Waals surface area (Å²) >= 11 is 0. The molecule has 2 saturated heterocycles. The van der Waals surface area contributed by atoms with E-state index in [0.717, 1.165) is 32.4 Å². The number of nitrogens with one attached hydrogen (secondary N) is 1. The Bertz CT molecular complexity index is 252. The number of carbonyl (C=O) groups excluding carboxylic acids is 1. The smallest absolute Gasteiger partial charge is 0.317 e. The van der Waals surface area contributed by atoms with Gasteiger partial charge in [0, 0.05) is 19.5 Å². The molecule has 0 bridgehead atoms. The summed E-state index contributed by atoms with van der Waals surface area (Å²) in [5.41, 5.74) is 0. The maximum atomic E-state index is 11.8. The van der Waals surface area contributed by atoms with Crippen LogP contribution in [0, 0.1) is 0 Å². The van der Waals surface area contributed by atoms with Gasteiger partial charge in [0.05, 0.1) is 19.8 Å². The topological polar surface area (TPSA) is 50.8 Å². The summed E-state index contributed by atoms with van der Waals surface area (Å²) in [7, 11) is 0. The van der Waals surface area contributed by atoms with E-state index >= 15 is 0 Å². The molecule has 16 heavy (non-hydrogen) atoms. The van der Waals surface area contributed by atoms with Crippen molar-refractivity contribution in [1.29, 1.82) is 0 Å². The number of likely N-dealkylation sites (tertiary alicyclic amines) is 1. The third-order valence-electron chi connectivity index (χ3n) is 3.04. The minimum absolute atomic E-state index is 0.0000231. The highest BCUT2D eigenvalue weighted by molar-refractivity contribution is 5.74. The third kappa shape index (κ3) is 2.47. The minimum atomic E-state index is -0.512. The molecule has 1 spiro atoms. The molecule has 2 rings (SSSR count). The average Bonchev–Trinajstić information content (AvgIpc) is 2.74. The highest BCUT2D eigenvalue weighted by Gasteiger charge is 2.41. The van der Waals surface area contributed by atoms with Gasteiger partial charge in [-0.25, -0.2) is 4.79 Å². The molecule has 0 aliphatic carbocycles. The molecule has 1 N–H and O–H groups in total. The monoisotopic (exact) mass is 228 g/mol. The van der Waals surface area contributed by atoms with Crippen LogP contribution in [0.3, 0.4) is 0 Å². The van der Waals surface area contributed by atoms with Crippen LogP contribution in [0.5, 0.6) is 0 Å². The normalized spacial score (nSPS) is 23.7. The molecule has 0 unspecified atom stereocenters. The highest BCUT2D eigenvalue weighted by atomic mass is 16.7. The average molecular weight is 228 g/mol. The minimum Gasteiger partial charge on any atom is -0.346 e. The van der Waals surface area contributed by atoms with Crippen molar-refractivity contribution < 1.29 is 14.3 Å². The van der Waals surface area contributed by atoms with Crippen LogP contribution in [0.2, 0.25) is 0 Å². The van der Waals surface area contributed by atoms with Gasteiger partial charge >= 0.3 is 6.03 Å². The summed E-state index contributed by atoms with van der Waals surface area (Å²) in [4.78, 5) is 13.6. The van der Waals surface area contributed by atoms with Crippen LogP contribution in [-0.4, -0.2) is 49.6 Å². The first-order chi connectivity index (χ1) is 7.76. The van der Waals surface area contributed by atoms with Gasteiger partial charge in [-0.2, -0.15) is 0 Å².